The normalized spacial score (nSPS) is 19.6. The van der Waals surface area contributed by atoms with Gasteiger partial charge in [-0.15, -0.1) is 0 Å². The molecule has 0 spiro atoms. The number of rotatable bonds is 3. The largest absolute Gasteiger partial charge is 0.259 e. The second-order valence-corrected chi connectivity index (χ2v) is 6.15. The Hall–Kier alpha value is -0.770. The molecule has 1 aromatic rings. The molecule has 0 saturated heterocycles. The van der Waals surface area contributed by atoms with E-state index in [0.29, 0.717) is 11.0 Å². The SMILES string of the molecule is Cc1cnc(C[S@@](=O)C2CCCCC2)cn1. The molecule has 3 nitrogen and oxygen atoms in total. The van der Waals surface area contributed by atoms with Gasteiger partial charge in [-0.1, -0.05) is 19.3 Å². The Morgan fingerprint density at radius 2 is 2.00 bits per heavy atom. The van der Waals surface area contributed by atoms with Crippen molar-refractivity contribution in [1.29, 1.82) is 0 Å². The lowest BCUT2D eigenvalue weighted by molar-refractivity contribution is 0.504. The summed E-state index contributed by atoms with van der Waals surface area (Å²) in [5.41, 5.74) is 1.77. The zero-order valence-corrected chi connectivity index (χ0v) is 10.5. The minimum Gasteiger partial charge on any atom is -0.259 e. The first-order valence-corrected chi connectivity index (χ1v) is 7.28. The summed E-state index contributed by atoms with van der Waals surface area (Å²) < 4.78 is 12.1. The molecule has 0 amide bonds. The van der Waals surface area contributed by atoms with Gasteiger partial charge >= 0.3 is 0 Å². The second-order valence-electron chi connectivity index (χ2n) is 4.43. The van der Waals surface area contributed by atoms with Gasteiger partial charge in [0.2, 0.25) is 0 Å². The molecule has 1 heterocycles. The van der Waals surface area contributed by atoms with Gasteiger partial charge in [-0.2, -0.15) is 0 Å². The molecule has 0 aromatic carbocycles. The molecule has 1 saturated carbocycles. The van der Waals surface area contributed by atoms with E-state index in [4.69, 9.17) is 0 Å². The van der Waals surface area contributed by atoms with Gasteiger partial charge < -0.3 is 0 Å². The smallest absolute Gasteiger partial charge is 0.0711 e. The molecule has 1 aliphatic carbocycles. The van der Waals surface area contributed by atoms with E-state index >= 15 is 0 Å². The van der Waals surface area contributed by atoms with Gasteiger partial charge in [0.05, 0.1) is 17.1 Å². The third-order valence-corrected chi connectivity index (χ3v) is 4.84. The molecule has 0 aliphatic heterocycles. The van der Waals surface area contributed by atoms with E-state index in [1.165, 1.54) is 19.3 Å². The number of aromatic nitrogens is 2. The van der Waals surface area contributed by atoms with Gasteiger partial charge in [-0.3, -0.25) is 14.2 Å². The van der Waals surface area contributed by atoms with E-state index < -0.39 is 10.8 Å². The molecule has 1 aromatic heterocycles. The molecular weight excluding hydrogens is 220 g/mol. The third-order valence-electron chi connectivity index (χ3n) is 3.05. The molecule has 2 rings (SSSR count). The van der Waals surface area contributed by atoms with Crippen molar-refractivity contribution >= 4 is 10.8 Å². The van der Waals surface area contributed by atoms with Crippen LogP contribution in [0.15, 0.2) is 12.4 Å². The highest BCUT2D eigenvalue weighted by Crippen LogP contribution is 2.23. The minimum absolute atomic E-state index is 0.386. The standard InChI is InChI=1S/C12H18N2OS/c1-10-7-14-11(8-13-10)9-16(15)12-5-3-2-4-6-12/h7-8,12H,2-6,9H2,1H3/t16-/m1/s1. The van der Waals surface area contributed by atoms with Crippen LogP contribution in [0.5, 0.6) is 0 Å². The molecular formula is C12H18N2OS. The van der Waals surface area contributed by atoms with Crippen LogP contribution in [0.1, 0.15) is 43.5 Å². The average Bonchev–Trinajstić information content (AvgIpc) is 2.33. The molecule has 0 unspecified atom stereocenters. The summed E-state index contributed by atoms with van der Waals surface area (Å²) in [5.74, 6) is 0.567. The van der Waals surface area contributed by atoms with Gasteiger partial charge in [0.1, 0.15) is 0 Å². The second kappa shape index (κ2) is 5.53. The summed E-state index contributed by atoms with van der Waals surface area (Å²) in [6.45, 7) is 1.91. The van der Waals surface area contributed by atoms with E-state index in [1.807, 2.05) is 6.92 Å². The van der Waals surface area contributed by atoms with E-state index in [9.17, 15) is 4.21 Å². The van der Waals surface area contributed by atoms with Crippen molar-refractivity contribution in [2.24, 2.45) is 0 Å². The van der Waals surface area contributed by atoms with E-state index in [0.717, 1.165) is 24.2 Å². The number of hydrogen-bond donors (Lipinski definition) is 0. The van der Waals surface area contributed by atoms with Crippen molar-refractivity contribution in [2.45, 2.75) is 50.0 Å². The van der Waals surface area contributed by atoms with Gasteiger partial charge in [-0.25, -0.2) is 0 Å². The lowest BCUT2D eigenvalue weighted by Gasteiger charge is -2.20. The van der Waals surface area contributed by atoms with Crippen LogP contribution < -0.4 is 0 Å². The third kappa shape index (κ3) is 3.11. The number of hydrogen-bond acceptors (Lipinski definition) is 3. The summed E-state index contributed by atoms with van der Waals surface area (Å²) in [6, 6.07) is 0. The van der Waals surface area contributed by atoms with Crippen molar-refractivity contribution < 1.29 is 4.21 Å². The fourth-order valence-corrected chi connectivity index (χ4v) is 3.62. The topological polar surface area (TPSA) is 42.9 Å². The van der Waals surface area contributed by atoms with E-state index in [1.54, 1.807) is 12.4 Å². The molecule has 1 aliphatic rings. The van der Waals surface area contributed by atoms with Crippen LogP contribution in [0.25, 0.3) is 0 Å². The zero-order valence-electron chi connectivity index (χ0n) is 9.69. The molecule has 16 heavy (non-hydrogen) atoms. The van der Waals surface area contributed by atoms with Crippen LogP contribution in [0.2, 0.25) is 0 Å². The molecule has 0 radical (unpaired) electrons. The van der Waals surface area contributed by atoms with Gasteiger partial charge in [0, 0.05) is 28.4 Å². The number of aryl methyl sites for hydroxylation is 1. The Morgan fingerprint density at radius 3 is 2.62 bits per heavy atom. The summed E-state index contributed by atoms with van der Waals surface area (Å²) in [7, 11) is -0.767. The zero-order chi connectivity index (χ0) is 11.4. The minimum atomic E-state index is -0.767. The predicted molar refractivity (Wildman–Crippen MR) is 65.5 cm³/mol. The van der Waals surface area contributed by atoms with Gasteiger partial charge in [0.15, 0.2) is 0 Å². The van der Waals surface area contributed by atoms with Crippen LogP contribution in [-0.4, -0.2) is 19.4 Å². The lowest BCUT2D eigenvalue weighted by Crippen LogP contribution is -2.20. The molecule has 4 heteroatoms. The molecule has 88 valence electrons. The van der Waals surface area contributed by atoms with Crippen molar-refractivity contribution in [3.8, 4) is 0 Å². The first-order valence-electron chi connectivity index (χ1n) is 5.90. The molecule has 1 atom stereocenters. The summed E-state index contributed by atoms with van der Waals surface area (Å²) >= 11 is 0. The Labute approximate surface area is 99.2 Å². The maximum Gasteiger partial charge on any atom is 0.0711 e. The Balaban J connectivity index is 1.93. The van der Waals surface area contributed by atoms with Gasteiger partial charge in [-0.05, 0) is 19.8 Å². The maximum atomic E-state index is 12.1. The summed E-state index contributed by atoms with van der Waals surface area (Å²) in [4.78, 5) is 8.44. The Morgan fingerprint density at radius 1 is 1.25 bits per heavy atom. The van der Waals surface area contributed by atoms with Crippen LogP contribution in [-0.2, 0) is 16.6 Å². The monoisotopic (exact) mass is 238 g/mol. The fraction of sp³-hybridized carbons (Fsp3) is 0.667. The van der Waals surface area contributed by atoms with Crippen molar-refractivity contribution in [3.05, 3.63) is 23.8 Å². The van der Waals surface area contributed by atoms with Crippen molar-refractivity contribution in [2.75, 3.05) is 0 Å². The number of nitrogens with zero attached hydrogens (tertiary/aromatic N) is 2. The van der Waals surface area contributed by atoms with E-state index in [-0.39, 0.29) is 0 Å². The maximum absolute atomic E-state index is 12.1. The summed E-state index contributed by atoms with van der Waals surface area (Å²) in [6.07, 6.45) is 9.49. The highest BCUT2D eigenvalue weighted by Gasteiger charge is 2.20. The Kier molecular flexibility index (Phi) is 4.04. The van der Waals surface area contributed by atoms with Crippen LogP contribution in [0.4, 0.5) is 0 Å². The molecule has 0 bridgehead atoms. The average molecular weight is 238 g/mol. The first-order chi connectivity index (χ1) is 7.75. The molecule has 1 fully saturated rings. The predicted octanol–water partition coefficient (Wildman–Crippen LogP) is 2.37. The molecule has 0 N–H and O–H groups in total. The highest BCUT2D eigenvalue weighted by molar-refractivity contribution is 7.84. The van der Waals surface area contributed by atoms with Crippen LogP contribution >= 0.6 is 0 Å². The quantitative estimate of drug-likeness (QED) is 0.812. The fourth-order valence-electron chi connectivity index (χ4n) is 2.09. The van der Waals surface area contributed by atoms with Crippen LogP contribution in [0, 0.1) is 6.92 Å². The van der Waals surface area contributed by atoms with Crippen LogP contribution in [0.3, 0.4) is 0 Å². The van der Waals surface area contributed by atoms with E-state index in [2.05, 4.69) is 9.97 Å². The van der Waals surface area contributed by atoms with Crippen molar-refractivity contribution in [3.63, 3.8) is 0 Å². The highest BCUT2D eigenvalue weighted by atomic mass is 32.2. The van der Waals surface area contributed by atoms with Crippen molar-refractivity contribution in [1.82, 2.24) is 9.97 Å². The lowest BCUT2D eigenvalue weighted by atomic mass is 10.0. The Bertz CT molecular complexity index is 358. The first kappa shape index (κ1) is 11.7. The van der Waals surface area contributed by atoms with Gasteiger partial charge in [0.25, 0.3) is 0 Å². The summed E-state index contributed by atoms with van der Waals surface area (Å²) in [5, 5.41) is 0.386.